The first-order chi connectivity index (χ1) is 17.9. The summed E-state index contributed by atoms with van der Waals surface area (Å²) in [6, 6.07) is 37.7. The van der Waals surface area contributed by atoms with E-state index >= 15 is 0 Å². The number of fused-ring (bicyclic) bond motifs is 9. The highest BCUT2D eigenvalue weighted by atomic mass is 16.3. The van der Waals surface area contributed by atoms with Crippen molar-refractivity contribution in [2.45, 2.75) is 0 Å². The average molecular weight is 462 g/mol. The van der Waals surface area contributed by atoms with Gasteiger partial charge in [-0.25, -0.2) is 4.98 Å². The molecule has 0 bridgehead atoms. The Balaban J connectivity index is 1.44. The first kappa shape index (κ1) is 19.4. The highest BCUT2D eigenvalue weighted by Gasteiger charge is 2.19. The molecule has 0 N–H and O–H groups in total. The van der Waals surface area contributed by atoms with Gasteiger partial charge < -0.3 is 8.98 Å². The van der Waals surface area contributed by atoms with Crippen molar-refractivity contribution in [2.75, 3.05) is 0 Å². The van der Waals surface area contributed by atoms with E-state index in [1.807, 2.05) is 36.5 Å². The summed E-state index contributed by atoms with van der Waals surface area (Å²) < 4.78 is 8.36. The van der Waals surface area contributed by atoms with Gasteiger partial charge in [0, 0.05) is 39.0 Å². The lowest BCUT2D eigenvalue weighted by molar-refractivity contribution is 0.620. The second kappa shape index (κ2) is 7.27. The Bertz CT molecular complexity index is 2070. The Kier molecular flexibility index (Phi) is 3.91. The van der Waals surface area contributed by atoms with Crippen LogP contribution in [-0.4, -0.2) is 14.5 Å². The first-order valence-electron chi connectivity index (χ1n) is 12.0. The number of oxazole rings is 1. The van der Waals surface area contributed by atoms with E-state index in [2.05, 4.69) is 88.4 Å². The summed E-state index contributed by atoms with van der Waals surface area (Å²) in [5.74, 6) is 0.630. The topological polar surface area (TPSA) is 43.9 Å². The number of aromatic nitrogens is 3. The van der Waals surface area contributed by atoms with Gasteiger partial charge in [0.1, 0.15) is 5.52 Å². The first-order valence-corrected chi connectivity index (χ1v) is 12.0. The van der Waals surface area contributed by atoms with Crippen LogP contribution >= 0.6 is 0 Å². The molecule has 4 heteroatoms. The van der Waals surface area contributed by atoms with Gasteiger partial charge in [-0.1, -0.05) is 54.6 Å². The van der Waals surface area contributed by atoms with Crippen molar-refractivity contribution in [2.24, 2.45) is 0 Å². The molecule has 8 aromatic rings. The largest absolute Gasteiger partial charge is 0.436 e. The van der Waals surface area contributed by atoms with Crippen LogP contribution in [0.2, 0.25) is 0 Å². The van der Waals surface area contributed by atoms with Crippen LogP contribution in [0.3, 0.4) is 0 Å². The Morgan fingerprint density at radius 3 is 2.19 bits per heavy atom. The molecule has 168 valence electrons. The van der Waals surface area contributed by atoms with E-state index in [4.69, 9.17) is 9.40 Å². The molecule has 3 heterocycles. The van der Waals surface area contributed by atoms with Crippen molar-refractivity contribution < 1.29 is 4.42 Å². The minimum absolute atomic E-state index is 0.630. The van der Waals surface area contributed by atoms with Crippen LogP contribution in [0.5, 0.6) is 0 Å². The third-order valence-corrected chi connectivity index (χ3v) is 7.06. The smallest absolute Gasteiger partial charge is 0.227 e. The average Bonchev–Trinajstić information content (AvgIpc) is 3.53. The molecule has 4 nitrogen and oxygen atoms in total. The fourth-order valence-corrected chi connectivity index (χ4v) is 5.50. The standard InChI is InChI=1S/C32H19N3O/c1-2-9-23-22(8-1)29-24-10-3-5-13-27(24)35(31(29)25-11-7-19-33-30(23)25)21-17-15-20(16-18-21)32-34-26-12-4-6-14-28(26)36-32/h1-19H. The lowest BCUT2D eigenvalue weighted by Gasteiger charge is -2.12. The summed E-state index contributed by atoms with van der Waals surface area (Å²) in [5.41, 5.74) is 7.06. The summed E-state index contributed by atoms with van der Waals surface area (Å²) in [5, 5.41) is 6.03. The Labute approximate surface area is 206 Å². The summed E-state index contributed by atoms with van der Waals surface area (Å²) in [7, 11) is 0. The van der Waals surface area contributed by atoms with E-state index in [0.717, 1.165) is 33.3 Å². The van der Waals surface area contributed by atoms with E-state index in [1.54, 1.807) is 0 Å². The number of hydrogen-bond donors (Lipinski definition) is 0. The van der Waals surface area contributed by atoms with Crippen molar-refractivity contribution in [1.29, 1.82) is 0 Å². The van der Waals surface area contributed by atoms with Crippen LogP contribution in [0, 0.1) is 0 Å². The third kappa shape index (κ3) is 2.64. The van der Waals surface area contributed by atoms with E-state index in [9.17, 15) is 0 Å². The van der Waals surface area contributed by atoms with E-state index in [-0.39, 0.29) is 0 Å². The maximum atomic E-state index is 6.00. The number of hydrogen-bond acceptors (Lipinski definition) is 3. The predicted molar refractivity (Wildman–Crippen MR) is 147 cm³/mol. The quantitative estimate of drug-likeness (QED) is 0.243. The number of para-hydroxylation sites is 3. The van der Waals surface area contributed by atoms with Gasteiger partial charge in [-0.3, -0.25) is 4.98 Å². The molecular weight excluding hydrogens is 442 g/mol. The van der Waals surface area contributed by atoms with Crippen LogP contribution in [-0.2, 0) is 0 Å². The highest BCUT2D eigenvalue weighted by molar-refractivity contribution is 6.31. The highest BCUT2D eigenvalue weighted by Crippen LogP contribution is 2.41. The van der Waals surface area contributed by atoms with Gasteiger partial charge in [-0.15, -0.1) is 0 Å². The zero-order valence-electron chi connectivity index (χ0n) is 19.2. The fourth-order valence-electron chi connectivity index (χ4n) is 5.50. The van der Waals surface area contributed by atoms with Gasteiger partial charge in [-0.2, -0.15) is 0 Å². The molecule has 0 saturated carbocycles. The van der Waals surface area contributed by atoms with Gasteiger partial charge in [-0.05, 0) is 60.0 Å². The molecule has 36 heavy (non-hydrogen) atoms. The fraction of sp³-hybridized carbons (Fsp3) is 0. The molecule has 0 radical (unpaired) electrons. The maximum Gasteiger partial charge on any atom is 0.227 e. The Hall–Kier alpha value is -4.96. The van der Waals surface area contributed by atoms with Gasteiger partial charge in [0.25, 0.3) is 0 Å². The number of pyridine rings is 1. The minimum Gasteiger partial charge on any atom is -0.436 e. The molecule has 3 aromatic heterocycles. The van der Waals surface area contributed by atoms with Gasteiger partial charge in [0.05, 0.1) is 16.6 Å². The molecule has 5 aromatic carbocycles. The van der Waals surface area contributed by atoms with Crippen LogP contribution in [0.15, 0.2) is 120 Å². The molecule has 0 aliphatic rings. The second-order valence-electron chi connectivity index (χ2n) is 9.05. The van der Waals surface area contributed by atoms with Gasteiger partial charge in [0.2, 0.25) is 5.89 Å². The number of nitrogens with zero attached hydrogens (tertiary/aromatic N) is 3. The minimum atomic E-state index is 0.630. The lowest BCUT2D eigenvalue weighted by atomic mass is 10.00. The summed E-state index contributed by atoms with van der Waals surface area (Å²) in [6.07, 6.45) is 1.88. The van der Waals surface area contributed by atoms with Crippen molar-refractivity contribution in [3.05, 3.63) is 115 Å². The van der Waals surface area contributed by atoms with Crippen molar-refractivity contribution in [3.63, 3.8) is 0 Å². The second-order valence-corrected chi connectivity index (χ2v) is 9.05. The molecule has 0 aliphatic heterocycles. The SMILES string of the molecule is c1ccc2oc(-c3ccc(-n4c5ccccc5c5c6ccccc6c6ncccc6c54)cc3)nc2c1. The third-order valence-electron chi connectivity index (χ3n) is 7.06. The molecule has 0 atom stereocenters. The van der Waals surface area contributed by atoms with Crippen molar-refractivity contribution >= 4 is 54.6 Å². The Morgan fingerprint density at radius 2 is 1.33 bits per heavy atom. The molecule has 8 rings (SSSR count). The van der Waals surface area contributed by atoms with Crippen molar-refractivity contribution in [1.82, 2.24) is 14.5 Å². The van der Waals surface area contributed by atoms with E-state index in [1.165, 1.54) is 32.6 Å². The maximum absolute atomic E-state index is 6.00. The summed E-state index contributed by atoms with van der Waals surface area (Å²) in [6.45, 7) is 0. The molecule has 0 aliphatic carbocycles. The zero-order chi connectivity index (χ0) is 23.6. The summed E-state index contributed by atoms with van der Waals surface area (Å²) in [4.78, 5) is 9.47. The van der Waals surface area contributed by atoms with Crippen LogP contribution in [0.4, 0.5) is 0 Å². The summed E-state index contributed by atoms with van der Waals surface area (Å²) >= 11 is 0. The molecule has 0 fully saturated rings. The molecule has 0 spiro atoms. The normalized spacial score (nSPS) is 11.9. The number of benzene rings is 5. The zero-order valence-corrected chi connectivity index (χ0v) is 19.2. The molecule has 0 amide bonds. The van der Waals surface area contributed by atoms with E-state index < -0.39 is 0 Å². The van der Waals surface area contributed by atoms with E-state index in [0.29, 0.717) is 5.89 Å². The number of rotatable bonds is 2. The molecular formula is C32H19N3O. The van der Waals surface area contributed by atoms with Gasteiger partial charge >= 0.3 is 0 Å². The molecule has 0 saturated heterocycles. The van der Waals surface area contributed by atoms with Crippen molar-refractivity contribution in [3.8, 4) is 17.1 Å². The Morgan fingerprint density at radius 1 is 0.611 bits per heavy atom. The molecule has 0 unspecified atom stereocenters. The van der Waals surface area contributed by atoms with Crippen LogP contribution < -0.4 is 0 Å². The van der Waals surface area contributed by atoms with Crippen LogP contribution in [0.25, 0.3) is 71.7 Å². The predicted octanol–water partition coefficient (Wildman–Crippen LogP) is 8.29. The van der Waals surface area contributed by atoms with Crippen LogP contribution in [0.1, 0.15) is 0 Å². The van der Waals surface area contributed by atoms with Gasteiger partial charge in [0.15, 0.2) is 5.58 Å². The lowest BCUT2D eigenvalue weighted by Crippen LogP contribution is -1.95. The monoisotopic (exact) mass is 461 g/mol.